The number of carbonyl (C=O) groups is 1. The van der Waals surface area contributed by atoms with E-state index in [9.17, 15) is 4.79 Å². The lowest BCUT2D eigenvalue weighted by Gasteiger charge is -2.13. The largest absolute Gasteiger partial charge is 0.495 e. The van der Waals surface area contributed by atoms with Gasteiger partial charge in [0, 0.05) is 12.4 Å². The van der Waals surface area contributed by atoms with E-state index in [1.54, 1.807) is 37.4 Å². The molecule has 0 saturated heterocycles. The predicted molar refractivity (Wildman–Crippen MR) is 112 cm³/mol. The van der Waals surface area contributed by atoms with Gasteiger partial charge in [-0.2, -0.15) is 0 Å². The van der Waals surface area contributed by atoms with Gasteiger partial charge in [-0.25, -0.2) is 4.98 Å². The zero-order valence-electron chi connectivity index (χ0n) is 16.3. The molecule has 2 aromatic heterocycles. The van der Waals surface area contributed by atoms with Gasteiger partial charge >= 0.3 is 0 Å². The molecule has 0 saturated carbocycles. The third-order valence-electron chi connectivity index (χ3n) is 4.59. The van der Waals surface area contributed by atoms with Crippen molar-refractivity contribution in [1.82, 2.24) is 9.38 Å². The second-order valence-electron chi connectivity index (χ2n) is 6.59. The van der Waals surface area contributed by atoms with Crippen LogP contribution < -0.4 is 14.8 Å². The number of hydrogen-bond donors (Lipinski definition) is 1. The summed E-state index contributed by atoms with van der Waals surface area (Å²) in [6, 6.07) is 18.4. The first-order chi connectivity index (χ1) is 14.2. The van der Waals surface area contributed by atoms with Crippen molar-refractivity contribution in [2.75, 3.05) is 12.4 Å². The van der Waals surface area contributed by atoms with Crippen LogP contribution in [0.25, 0.3) is 5.65 Å². The number of aryl methyl sites for hydroxylation is 1. The number of rotatable bonds is 6. The van der Waals surface area contributed by atoms with Gasteiger partial charge in [-0.15, -0.1) is 0 Å². The predicted octanol–water partition coefficient (Wildman–Crippen LogP) is 4.48. The number of fused-ring (bicyclic) bond motifs is 1. The van der Waals surface area contributed by atoms with Crippen LogP contribution in [0.2, 0.25) is 0 Å². The molecule has 2 heterocycles. The summed E-state index contributed by atoms with van der Waals surface area (Å²) in [6.45, 7) is 2.28. The number of amides is 1. The minimum Gasteiger partial charge on any atom is -0.495 e. The van der Waals surface area contributed by atoms with E-state index in [0.717, 1.165) is 16.9 Å². The number of hydrogen-bond acceptors (Lipinski definition) is 4. The van der Waals surface area contributed by atoms with E-state index in [0.29, 0.717) is 22.7 Å². The molecule has 1 amide bonds. The maximum atomic E-state index is 12.8. The highest BCUT2D eigenvalue weighted by molar-refractivity contribution is 6.06. The fourth-order valence-electron chi connectivity index (χ4n) is 3.14. The second-order valence-corrected chi connectivity index (χ2v) is 6.59. The van der Waals surface area contributed by atoms with Crippen molar-refractivity contribution in [3.05, 3.63) is 89.9 Å². The number of carbonyl (C=O) groups excluding carboxylic acids is 1. The van der Waals surface area contributed by atoms with Crippen LogP contribution in [-0.4, -0.2) is 22.4 Å². The third kappa shape index (κ3) is 3.91. The molecule has 0 aliphatic carbocycles. The number of ether oxygens (including phenoxy) is 2. The molecule has 4 aromatic rings. The molecule has 146 valence electrons. The Morgan fingerprint density at radius 3 is 2.59 bits per heavy atom. The third-order valence-corrected chi connectivity index (χ3v) is 4.59. The first-order valence-electron chi connectivity index (χ1n) is 9.25. The Morgan fingerprint density at radius 2 is 1.79 bits per heavy atom. The number of pyridine rings is 1. The van der Waals surface area contributed by atoms with E-state index in [-0.39, 0.29) is 12.5 Å². The molecule has 6 heteroatoms. The molecule has 0 aliphatic rings. The zero-order chi connectivity index (χ0) is 20.2. The maximum Gasteiger partial charge on any atom is 0.259 e. The monoisotopic (exact) mass is 387 g/mol. The summed E-state index contributed by atoms with van der Waals surface area (Å²) in [4.78, 5) is 17.4. The fourth-order valence-corrected chi connectivity index (χ4v) is 3.14. The van der Waals surface area contributed by atoms with Gasteiger partial charge < -0.3 is 19.2 Å². The molecule has 2 aromatic carbocycles. The van der Waals surface area contributed by atoms with Gasteiger partial charge in [-0.05, 0) is 42.8 Å². The van der Waals surface area contributed by atoms with Gasteiger partial charge in [-0.3, -0.25) is 4.79 Å². The van der Waals surface area contributed by atoms with Gasteiger partial charge in [-0.1, -0.05) is 30.3 Å². The summed E-state index contributed by atoms with van der Waals surface area (Å²) < 4.78 is 13.2. The molecule has 1 N–H and O–H groups in total. The maximum absolute atomic E-state index is 12.8. The van der Waals surface area contributed by atoms with Gasteiger partial charge in [0.15, 0.2) is 0 Å². The van der Waals surface area contributed by atoms with Gasteiger partial charge in [0.25, 0.3) is 5.91 Å². The number of methoxy groups -OCH3 is 1. The quantitative estimate of drug-likeness (QED) is 0.530. The van der Waals surface area contributed by atoms with Crippen molar-refractivity contribution in [1.29, 1.82) is 0 Å². The number of para-hydroxylation sites is 3. The highest BCUT2D eigenvalue weighted by Gasteiger charge is 2.15. The van der Waals surface area contributed by atoms with Crippen LogP contribution in [0.4, 0.5) is 5.69 Å². The van der Waals surface area contributed by atoms with Crippen LogP contribution in [0.5, 0.6) is 11.5 Å². The average molecular weight is 387 g/mol. The molecule has 0 unspecified atom stereocenters. The van der Waals surface area contributed by atoms with Gasteiger partial charge in [0.1, 0.15) is 23.8 Å². The van der Waals surface area contributed by atoms with Gasteiger partial charge in [0.05, 0.1) is 24.1 Å². The Kier molecular flexibility index (Phi) is 5.16. The van der Waals surface area contributed by atoms with E-state index >= 15 is 0 Å². The Hall–Kier alpha value is -3.80. The molecule has 4 rings (SSSR count). The van der Waals surface area contributed by atoms with Crippen LogP contribution >= 0.6 is 0 Å². The number of benzene rings is 2. The second kappa shape index (κ2) is 8.06. The van der Waals surface area contributed by atoms with Gasteiger partial charge in [0.2, 0.25) is 0 Å². The first kappa shape index (κ1) is 18.6. The zero-order valence-corrected chi connectivity index (χ0v) is 16.3. The Balaban J connectivity index is 1.53. The standard InChI is InChI=1S/C23H21N3O3/c1-16-8-7-13-26-14-17(24-22(16)26)15-29-20-11-5-3-9-18(20)23(27)25-19-10-4-6-12-21(19)28-2/h3-14H,15H2,1-2H3,(H,25,27). The molecule has 29 heavy (non-hydrogen) atoms. The van der Waals surface area contributed by atoms with Crippen molar-refractivity contribution in [2.45, 2.75) is 13.5 Å². The van der Waals surface area contributed by atoms with E-state index in [2.05, 4.69) is 10.3 Å². The lowest BCUT2D eigenvalue weighted by molar-refractivity contribution is 0.102. The summed E-state index contributed by atoms with van der Waals surface area (Å²) in [6.07, 6.45) is 3.88. The smallest absolute Gasteiger partial charge is 0.259 e. The van der Waals surface area contributed by atoms with Crippen LogP contribution in [0, 0.1) is 6.92 Å². The number of aromatic nitrogens is 2. The van der Waals surface area contributed by atoms with E-state index in [1.165, 1.54) is 0 Å². The summed E-state index contributed by atoms with van der Waals surface area (Å²) in [5.41, 5.74) is 3.83. The molecular weight excluding hydrogens is 366 g/mol. The number of imidazole rings is 1. The topological polar surface area (TPSA) is 64.9 Å². The molecule has 0 spiro atoms. The molecule has 6 nitrogen and oxygen atoms in total. The Labute approximate surface area is 168 Å². The first-order valence-corrected chi connectivity index (χ1v) is 9.25. The van der Waals surface area contributed by atoms with Crippen molar-refractivity contribution in [2.24, 2.45) is 0 Å². The number of anilines is 1. The molecule has 0 radical (unpaired) electrons. The highest BCUT2D eigenvalue weighted by atomic mass is 16.5. The highest BCUT2D eigenvalue weighted by Crippen LogP contribution is 2.26. The number of nitrogens with one attached hydrogen (secondary N) is 1. The molecule has 0 bridgehead atoms. The van der Waals surface area contributed by atoms with Crippen LogP contribution in [0.1, 0.15) is 21.6 Å². The molecule has 0 fully saturated rings. The molecule has 0 aliphatic heterocycles. The molecular formula is C23H21N3O3. The van der Waals surface area contributed by atoms with E-state index in [4.69, 9.17) is 9.47 Å². The van der Waals surface area contributed by atoms with Crippen LogP contribution in [0.15, 0.2) is 73.1 Å². The minimum absolute atomic E-state index is 0.264. The van der Waals surface area contributed by atoms with Crippen molar-refractivity contribution >= 4 is 17.2 Å². The summed E-state index contributed by atoms with van der Waals surface area (Å²) >= 11 is 0. The summed E-state index contributed by atoms with van der Waals surface area (Å²) in [7, 11) is 1.57. The van der Waals surface area contributed by atoms with Crippen molar-refractivity contribution < 1.29 is 14.3 Å². The minimum atomic E-state index is -0.268. The lowest BCUT2D eigenvalue weighted by atomic mass is 10.1. The molecule has 0 atom stereocenters. The Bertz CT molecular complexity index is 1170. The summed E-state index contributed by atoms with van der Waals surface area (Å²) in [5, 5.41) is 2.88. The van der Waals surface area contributed by atoms with Crippen LogP contribution in [0.3, 0.4) is 0 Å². The SMILES string of the molecule is COc1ccccc1NC(=O)c1ccccc1OCc1cn2cccc(C)c2n1. The van der Waals surface area contributed by atoms with E-state index in [1.807, 2.05) is 54.0 Å². The lowest BCUT2D eigenvalue weighted by Crippen LogP contribution is -2.14. The fraction of sp³-hybridized carbons (Fsp3) is 0.130. The summed E-state index contributed by atoms with van der Waals surface area (Å²) in [5.74, 6) is 0.823. The van der Waals surface area contributed by atoms with Crippen molar-refractivity contribution in [3.8, 4) is 11.5 Å². The normalized spacial score (nSPS) is 10.7. The number of nitrogens with zero attached hydrogens (tertiary/aromatic N) is 2. The van der Waals surface area contributed by atoms with E-state index < -0.39 is 0 Å². The van der Waals surface area contributed by atoms with Crippen molar-refractivity contribution in [3.63, 3.8) is 0 Å². The Morgan fingerprint density at radius 1 is 1.03 bits per heavy atom. The van der Waals surface area contributed by atoms with Crippen LogP contribution in [-0.2, 0) is 6.61 Å². The average Bonchev–Trinajstić information content (AvgIpc) is 3.17.